The Bertz CT molecular complexity index is 2850. The molecule has 39 heteroatoms. The SMILES string of the molecule is CC(O)C(NC(=O)C(CS)NC(=O)C(CS)NC(=O)C(CS)NC(=O)C(CO)NC(=O)C1CCCN1C(=O)C(N)Cc1ccc(O)cc1)C(=O)NC(CCCCN)C(=O)N1CCCC1C(=O)NC(CO)C(=O)NC(CC(=O)O)C(=O)NCC(=O)NC(CC(N)=O)C(=O)O. The van der Waals surface area contributed by atoms with Crippen LogP contribution in [0.3, 0.4) is 0 Å². The molecular formula is C54H83N15O21S3. The third-order valence-electron chi connectivity index (χ3n) is 14.6. The molecule has 2 fully saturated rings. The molecule has 1 aromatic rings. The third-order valence-corrected chi connectivity index (χ3v) is 15.7. The lowest BCUT2D eigenvalue weighted by Crippen LogP contribution is -2.62. The number of nitrogens with one attached hydrogen (secondary N) is 10. The first kappa shape index (κ1) is 79.2. The molecule has 0 spiro atoms. The van der Waals surface area contributed by atoms with E-state index in [4.69, 9.17) is 17.2 Å². The molecule has 36 nitrogen and oxygen atoms in total. The van der Waals surface area contributed by atoms with Crippen molar-refractivity contribution in [2.75, 3.05) is 56.7 Å². The first-order valence-corrected chi connectivity index (χ1v) is 31.1. The van der Waals surface area contributed by atoms with Gasteiger partial charge in [-0.3, -0.25) is 67.1 Å². The number of unbranched alkanes of at least 4 members (excludes halogenated alkanes) is 1. The number of carboxylic acid groups (broad SMARTS) is 2. The molecule has 13 amide bonds. The number of carboxylic acids is 2. The highest BCUT2D eigenvalue weighted by atomic mass is 32.1. The summed E-state index contributed by atoms with van der Waals surface area (Å²) in [5, 5.41) is 81.8. The minimum Gasteiger partial charge on any atom is -0.508 e. The number of hydrogen-bond acceptors (Lipinski definition) is 24. The molecule has 22 N–H and O–H groups in total. The average Bonchev–Trinajstić information content (AvgIpc) is 1.86. The van der Waals surface area contributed by atoms with Crippen molar-refractivity contribution in [3.05, 3.63) is 29.8 Å². The van der Waals surface area contributed by atoms with Crippen LogP contribution in [0.2, 0.25) is 0 Å². The van der Waals surface area contributed by atoms with Crippen LogP contribution in [0, 0.1) is 0 Å². The molecule has 13 atom stereocenters. The zero-order valence-corrected chi connectivity index (χ0v) is 53.2. The first-order valence-electron chi connectivity index (χ1n) is 29.3. The van der Waals surface area contributed by atoms with Gasteiger partial charge in [0, 0.05) is 30.3 Å². The molecule has 2 aliphatic heterocycles. The van der Waals surface area contributed by atoms with Crippen LogP contribution in [0.25, 0.3) is 0 Å². The number of phenolic OH excluding ortho intramolecular Hbond substituents is 1. The van der Waals surface area contributed by atoms with E-state index in [-0.39, 0.29) is 69.7 Å². The lowest BCUT2D eigenvalue weighted by atomic mass is 10.0. The zero-order chi connectivity index (χ0) is 69.8. The molecule has 518 valence electrons. The van der Waals surface area contributed by atoms with Gasteiger partial charge in [-0.2, -0.15) is 37.9 Å². The lowest BCUT2D eigenvalue weighted by molar-refractivity contribution is -0.144. The van der Waals surface area contributed by atoms with E-state index < -0.39 is 211 Å². The van der Waals surface area contributed by atoms with Crippen molar-refractivity contribution in [1.29, 1.82) is 0 Å². The number of aliphatic hydroxyl groups is 3. The summed E-state index contributed by atoms with van der Waals surface area (Å²) < 4.78 is 0. The van der Waals surface area contributed by atoms with E-state index in [1.54, 1.807) is 12.1 Å². The fraction of sp³-hybridized carbons (Fsp3) is 0.611. The highest BCUT2D eigenvalue weighted by molar-refractivity contribution is 7.80. The smallest absolute Gasteiger partial charge is 0.326 e. The Kier molecular flexibility index (Phi) is 33.6. The molecule has 3 rings (SSSR count). The number of aliphatic hydroxyl groups excluding tert-OH is 3. The summed E-state index contributed by atoms with van der Waals surface area (Å²) in [6.07, 6.45) is -2.26. The summed E-state index contributed by atoms with van der Waals surface area (Å²) in [4.78, 5) is 198. The summed E-state index contributed by atoms with van der Waals surface area (Å²) in [5.74, 6) is -17.8. The normalized spacial score (nSPS) is 17.9. The van der Waals surface area contributed by atoms with Crippen molar-refractivity contribution < 1.29 is 103 Å². The molecule has 1 aromatic carbocycles. The quantitative estimate of drug-likeness (QED) is 0.0215. The number of likely N-dealkylation sites (tertiary alicyclic amines) is 2. The van der Waals surface area contributed by atoms with Gasteiger partial charge in [-0.05, 0) is 82.5 Å². The number of thiol groups is 3. The van der Waals surface area contributed by atoms with Crippen LogP contribution in [-0.4, -0.2) is 264 Å². The van der Waals surface area contributed by atoms with E-state index in [9.17, 15) is 103 Å². The molecule has 0 saturated carbocycles. The maximum Gasteiger partial charge on any atom is 0.326 e. The number of primary amides is 1. The molecular weight excluding hydrogens is 1290 g/mol. The van der Waals surface area contributed by atoms with Gasteiger partial charge in [0.05, 0.1) is 44.7 Å². The maximum absolute atomic E-state index is 14.3. The Balaban J connectivity index is 1.66. The molecule has 2 saturated heterocycles. The van der Waals surface area contributed by atoms with E-state index in [2.05, 4.69) is 75.1 Å². The first-order chi connectivity index (χ1) is 43.9. The van der Waals surface area contributed by atoms with Gasteiger partial charge in [0.15, 0.2) is 0 Å². The van der Waals surface area contributed by atoms with Gasteiger partial charge in [-0.25, -0.2) is 4.79 Å². The van der Waals surface area contributed by atoms with Crippen LogP contribution in [0.15, 0.2) is 24.3 Å². The summed E-state index contributed by atoms with van der Waals surface area (Å²) in [7, 11) is 0. The van der Waals surface area contributed by atoms with Crippen LogP contribution in [-0.2, 0) is 78.3 Å². The van der Waals surface area contributed by atoms with Gasteiger partial charge >= 0.3 is 11.9 Å². The number of hydrogen-bond donors (Lipinski definition) is 22. The van der Waals surface area contributed by atoms with Crippen LogP contribution in [0.4, 0.5) is 0 Å². The van der Waals surface area contributed by atoms with E-state index >= 15 is 0 Å². The second kappa shape index (κ2) is 39.5. The second-order valence-corrected chi connectivity index (χ2v) is 22.7. The van der Waals surface area contributed by atoms with Crippen LogP contribution in [0.1, 0.15) is 70.3 Å². The molecule has 0 aliphatic carbocycles. The Labute approximate surface area is 549 Å². The van der Waals surface area contributed by atoms with E-state index in [1.165, 1.54) is 17.0 Å². The van der Waals surface area contributed by atoms with Gasteiger partial charge in [0.1, 0.15) is 72.2 Å². The van der Waals surface area contributed by atoms with E-state index in [1.807, 2.05) is 16.0 Å². The van der Waals surface area contributed by atoms with Crippen LogP contribution in [0.5, 0.6) is 5.75 Å². The summed E-state index contributed by atoms with van der Waals surface area (Å²) in [5.41, 5.74) is 17.5. The molecule has 93 heavy (non-hydrogen) atoms. The molecule has 2 heterocycles. The molecule has 0 radical (unpaired) electrons. The highest BCUT2D eigenvalue weighted by Gasteiger charge is 2.42. The number of benzene rings is 1. The van der Waals surface area contributed by atoms with Crippen molar-refractivity contribution in [3.63, 3.8) is 0 Å². The number of aromatic hydroxyl groups is 1. The fourth-order valence-electron chi connectivity index (χ4n) is 9.58. The molecule has 2 aliphatic rings. The predicted molar refractivity (Wildman–Crippen MR) is 334 cm³/mol. The zero-order valence-electron chi connectivity index (χ0n) is 50.5. The largest absolute Gasteiger partial charge is 0.508 e. The third kappa shape index (κ3) is 25.1. The predicted octanol–water partition coefficient (Wildman–Crippen LogP) is -9.56. The van der Waals surface area contributed by atoms with Crippen molar-refractivity contribution in [3.8, 4) is 5.75 Å². The van der Waals surface area contributed by atoms with Gasteiger partial charge in [0.2, 0.25) is 76.8 Å². The summed E-state index contributed by atoms with van der Waals surface area (Å²) in [6.45, 7) is -1.70. The number of rotatable bonds is 39. The number of aliphatic carboxylic acids is 2. The molecule has 0 aromatic heterocycles. The lowest BCUT2D eigenvalue weighted by Gasteiger charge is -2.31. The number of amides is 13. The Morgan fingerprint density at radius 2 is 1.02 bits per heavy atom. The Morgan fingerprint density at radius 3 is 1.45 bits per heavy atom. The van der Waals surface area contributed by atoms with Gasteiger partial charge in [0.25, 0.3) is 0 Å². The highest BCUT2D eigenvalue weighted by Crippen LogP contribution is 2.22. The number of nitrogens with two attached hydrogens (primary N) is 3. The standard InChI is InChI=1S/C54H83N15O21S3/c1-25(72)42(51(86)60-29(6-2-3-13-55)53(88)69-15-5-8-38(69)50(85)62-32(20-70)44(79)61-30(18-41(76)77)43(78)58-19-40(75)59-31(54(89)90)17-39(57)74)67-48(83)36(24-93)66-47(82)35(23-92)65-46(81)34(22-91)64-45(80)33(21-71)63-49(84)37-7-4-14-68(37)52(87)28(56)16-26-9-11-27(73)12-10-26/h9-12,25,28-38,42,70-73,91-93H,2-8,13-24,55-56H2,1H3,(H2,57,74)(H,58,78)(H,59,75)(H,60,86)(H,61,79)(H,62,85)(H,63,84)(H,64,80)(H,65,81)(H,66,82)(H,67,83)(H,76,77)(H,89,90). The molecule has 13 unspecified atom stereocenters. The minimum absolute atomic E-state index is 0.0165. The van der Waals surface area contributed by atoms with E-state index in [0.717, 1.165) is 11.8 Å². The van der Waals surface area contributed by atoms with Crippen LogP contribution >= 0.6 is 37.9 Å². The van der Waals surface area contributed by atoms with Crippen molar-refractivity contribution in [2.45, 2.75) is 150 Å². The minimum atomic E-state index is -1.95. The van der Waals surface area contributed by atoms with Crippen molar-refractivity contribution in [1.82, 2.24) is 63.0 Å². The van der Waals surface area contributed by atoms with Crippen LogP contribution < -0.4 is 70.4 Å². The fourth-order valence-corrected chi connectivity index (χ4v) is 10.4. The van der Waals surface area contributed by atoms with Crippen molar-refractivity contribution >= 4 is 127 Å². The number of phenols is 1. The number of carbonyl (C=O) groups excluding carboxylic acids is 13. The number of carbonyl (C=O) groups is 15. The topological polar surface area (TPSA) is 582 Å². The van der Waals surface area contributed by atoms with Gasteiger partial charge < -0.3 is 111 Å². The van der Waals surface area contributed by atoms with Gasteiger partial charge in [-0.1, -0.05) is 12.1 Å². The summed E-state index contributed by atoms with van der Waals surface area (Å²) >= 11 is 12.4. The maximum atomic E-state index is 14.3. The monoisotopic (exact) mass is 1370 g/mol. The van der Waals surface area contributed by atoms with E-state index in [0.29, 0.717) is 18.4 Å². The average molecular weight is 1370 g/mol. The molecule has 0 bridgehead atoms. The van der Waals surface area contributed by atoms with Crippen molar-refractivity contribution in [2.24, 2.45) is 17.2 Å². The number of nitrogens with zero attached hydrogens (tertiary/aromatic N) is 2. The Morgan fingerprint density at radius 1 is 0.570 bits per heavy atom. The van der Waals surface area contributed by atoms with Gasteiger partial charge in [-0.15, -0.1) is 0 Å². The Hall–Kier alpha value is -8.08. The summed E-state index contributed by atoms with van der Waals surface area (Å²) in [6, 6.07) is -12.6. The second-order valence-electron chi connectivity index (χ2n) is 21.7.